The van der Waals surface area contributed by atoms with E-state index in [0.29, 0.717) is 0 Å². The zero-order chi connectivity index (χ0) is 12.6. The molecule has 1 heterocycles. The minimum absolute atomic E-state index is 0.0167. The summed E-state index contributed by atoms with van der Waals surface area (Å²) in [5.74, 6) is 0.750. The smallest absolute Gasteiger partial charge is 0.264 e. The van der Waals surface area contributed by atoms with Gasteiger partial charge in [0, 0.05) is 12.6 Å². The number of hydrogen-bond acceptors (Lipinski definition) is 3. The summed E-state index contributed by atoms with van der Waals surface area (Å²) in [6, 6.07) is 5.95. The molecule has 4 nitrogen and oxygen atoms in total. The number of hydrogen-bond donors (Lipinski definition) is 1. The number of benzene rings is 1. The average Bonchev–Trinajstić information content (AvgIpc) is 2.33. The van der Waals surface area contributed by atoms with Crippen molar-refractivity contribution in [1.29, 1.82) is 0 Å². The summed E-state index contributed by atoms with van der Waals surface area (Å²) in [5.41, 5.74) is 1.84. The molecule has 17 heavy (non-hydrogen) atoms. The lowest BCUT2D eigenvalue weighted by Crippen LogP contribution is -2.37. The van der Waals surface area contributed by atoms with E-state index in [0.717, 1.165) is 17.0 Å². The molecule has 0 unspecified atom stereocenters. The van der Waals surface area contributed by atoms with Gasteiger partial charge in [-0.1, -0.05) is 6.07 Å². The SMILES string of the molecule is CNC(C)(C)c1ccc2c(c1)N(C)C(=O)CO2. The van der Waals surface area contributed by atoms with Gasteiger partial charge in [-0.3, -0.25) is 4.79 Å². The van der Waals surface area contributed by atoms with E-state index in [1.807, 2.05) is 25.2 Å². The Bertz CT molecular complexity index is 455. The first-order valence-electron chi connectivity index (χ1n) is 5.68. The van der Waals surface area contributed by atoms with Gasteiger partial charge in [0.2, 0.25) is 0 Å². The van der Waals surface area contributed by atoms with E-state index < -0.39 is 0 Å². The Morgan fingerprint density at radius 2 is 2.12 bits per heavy atom. The fraction of sp³-hybridized carbons (Fsp3) is 0.462. The maximum atomic E-state index is 11.6. The van der Waals surface area contributed by atoms with Gasteiger partial charge >= 0.3 is 0 Å². The highest BCUT2D eigenvalue weighted by Gasteiger charge is 2.25. The third-order valence-corrected chi connectivity index (χ3v) is 3.39. The number of fused-ring (bicyclic) bond motifs is 1. The average molecular weight is 234 g/mol. The number of rotatable bonds is 2. The highest BCUT2D eigenvalue weighted by Crippen LogP contribution is 2.34. The minimum Gasteiger partial charge on any atom is -0.482 e. The van der Waals surface area contributed by atoms with E-state index >= 15 is 0 Å². The number of likely N-dealkylation sites (N-methyl/N-ethyl adjacent to an activating group) is 1. The fourth-order valence-electron chi connectivity index (χ4n) is 1.81. The van der Waals surface area contributed by atoms with E-state index in [2.05, 4.69) is 19.2 Å². The van der Waals surface area contributed by atoms with Crippen molar-refractivity contribution < 1.29 is 9.53 Å². The summed E-state index contributed by atoms with van der Waals surface area (Å²) in [5, 5.41) is 3.25. The Hall–Kier alpha value is -1.55. The maximum Gasteiger partial charge on any atom is 0.264 e. The Kier molecular flexibility index (Phi) is 2.83. The third-order valence-electron chi connectivity index (χ3n) is 3.39. The van der Waals surface area contributed by atoms with Gasteiger partial charge in [0.1, 0.15) is 5.75 Å². The highest BCUT2D eigenvalue weighted by molar-refractivity contribution is 5.97. The molecule has 0 aromatic heterocycles. The van der Waals surface area contributed by atoms with Crippen molar-refractivity contribution in [3.8, 4) is 5.75 Å². The predicted molar refractivity (Wildman–Crippen MR) is 67.4 cm³/mol. The summed E-state index contributed by atoms with van der Waals surface area (Å²) in [6.45, 7) is 4.32. The van der Waals surface area contributed by atoms with Gasteiger partial charge in [-0.25, -0.2) is 0 Å². The van der Waals surface area contributed by atoms with Crippen molar-refractivity contribution in [2.24, 2.45) is 0 Å². The second kappa shape index (κ2) is 4.04. The van der Waals surface area contributed by atoms with Gasteiger partial charge in [-0.2, -0.15) is 0 Å². The second-order valence-electron chi connectivity index (χ2n) is 4.80. The van der Waals surface area contributed by atoms with Crippen LogP contribution in [0.15, 0.2) is 18.2 Å². The predicted octanol–water partition coefficient (Wildman–Crippen LogP) is 1.50. The normalized spacial score (nSPS) is 15.5. The number of ether oxygens (including phenoxy) is 1. The van der Waals surface area contributed by atoms with Crippen LogP contribution in [0.25, 0.3) is 0 Å². The molecule has 92 valence electrons. The molecule has 1 aliphatic heterocycles. The maximum absolute atomic E-state index is 11.6. The van der Waals surface area contributed by atoms with Gasteiger partial charge in [0.25, 0.3) is 5.91 Å². The molecule has 0 aliphatic carbocycles. The molecule has 0 atom stereocenters. The van der Waals surface area contributed by atoms with Crippen LogP contribution in [-0.4, -0.2) is 26.6 Å². The van der Waals surface area contributed by atoms with Gasteiger partial charge in [0.05, 0.1) is 5.69 Å². The van der Waals surface area contributed by atoms with Crippen molar-refractivity contribution in [3.63, 3.8) is 0 Å². The van der Waals surface area contributed by atoms with Crippen molar-refractivity contribution >= 4 is 11.6 Å². The van der Waals surface area contributed by atoms with Gasteiger partial charge in [-0.15, -0.1) is 0 Å². The molecule has 0 saturated carbocycles. The summed E-state index contributed by atoms with van der Waals surface area (Å²) in [4.78, 5) is 13.2. The summed E-state index contributed by atoms with van der Waals surface area (Å²) < 4.78 is 5.40. The minimum atomic E-state index is -0.129. The van der Waals surface area contributed by atoms with E-state index in [4.69, 9.17) is 4.74 Å². The molecule has 0 spiro atoms. The zero-order valence-electron chi connectivity index (χ0n) is 10.7. The van der Waals surface area contributed by atoms with Crippen molar-refractivity contribution in [1.82, 2.24) is 5.32 Å². The summed E-state index contributed by atoms with van der Waals surface area (Å²) in [6.07, 6.45) is 0. The highest BCUT2D eigenvalue weighted by atomic mass is 16.5. The Morgan fingerprint density at radius 1 is 1.41 bits per heavy atom. The first-order chi connectivity index (χ1) is 7.95. The number of carbonyl (C=O) groups excluding carboxylic acids is 1. The van der Waals surface area contributed by atoms with Crippen LogP contribution < -0.4 is 15.0 Å². The molecule has 0 bridgehead atoms. The number of amides is 1. The van der Waals surface area contributed by atoms with E-state index in [9.17, 15) is 4.79 Å². The molecule has 1 amide bonds. The molecule has 0 fully saturated rings. The lowest BCUT2D eigenvalue weighted by Gasteiger charge is -2.30. The molecule has 1 aromatic carbocycles. The molecular weight excluding hydrogens is 216 g/mol. The molecule has 1 N–H and O–H groups in total. The van der Waals surface area contributed by atoms with Gasteiger partial charge in [0.15, 0.2) is 6.61 Å². The van der Waals surface area contributed by atoms with Crippen molar-refractivity contribution in [2.75, 3.05) is 25.6 Å². The number of nitrogens with one attached hydrogen (secondary N) is 1. The van der Waals surface area contributed by atoms with Gasteiger partial charge < -0.3 is 15.0 Å². The lowest BCUT2D eigenvalue weighted by molar-refractivity contribution is -0.120. The first kappa shape index (κ1) is 11.9. The second-order valence-corrected chi connectivity index (χ2v) is 4.80. The van der Waals surface area contributed by atoms with Crippen molar-refractivity contribution in [2.45, 2.75) is 19.4 Å². The zero-order valence-corrected chi connectivity index (χ0v) is 10.7. The monoisotopic (exact) mass is 234 g/mol. The standard InChI is InChI=1S/C13H18N2O2/c1-13(2,14-3)9-5-6-11-10(7-9)15(4)12(16)8-17-11/h5-7,14H,8H2,1-4H3. The van der Waals surface area contributed by atoms with E-state index in [1.54, 1.807) is 11.9 Å². The molecule has 4 heteroatoms. The van der Waals surface area contributed by atoms with E-state index in [-0.39, 0.29) is 18.1 Å². The van der Waals surface area contributed by atoms with Crippen LogP contribution >= 0.6 is 0 Å². The number of nitrogens with zero attached hydrogens (tertiary/aromatic N) is 1. The Morgan fingerprint density at radius 3 is 2.76 bits per heavy atom. The molecule has 1 aromatic rings. The van der Waals surface area contributed by atoms with Crippen LogP contribution in [-0.2, 0) is 10.3 Å². The summed E-state index contributed by atoms with van der Waals surface area (Å²) in [7, 11) is 3.70. The summed E-state index contributed by atoms with van der Waals surface area (Å²) >= 11 is 0. The molecule has 0 saturated heterocycles. The number of carbonyl (C=O) groups is 1. The third kappa shape index (κ3) is 2.00. The van der Waals surface area contributed by atoms with E-state index in [1.165, 1.54) is 0 Å². The fourth-order valence-corrected chi connectivity index (χ4v) is 1.81. The number of anilines is 1. The molecule has 2 rings (SSSR count). The Balaban J connectivity index is 2.46. The van der Waals surface area contributed by atoms with Crippen molar-refractivity contribution in [3.05, 3.63) is 23.8 Å². The van der Waals surface area contributed by atoms with Crippen LogP contribution in [0.5, 0.6) is 5.75 Å². The van der Waals surface area contributed by atoms with Crippen LogP contribution in [0.2, 0.25) is 0 Å². The first-order valence-corrected chi connectivity index (χ1v) is 5.68. The Labute approximate surface area is 102 Å². The molecule has 1 aliphatic rings. The molecular formula is C13H18N2O2. The largest absolute Gasteiger partial charge is 0.482 e. The van der Waals surface area contributed by atoms with Crippen LogP contribution in [0.4, 0.5) is 5.69 Å². The van der Waals surface area contributed by atoms with Crippen LogP contribution in [0, 0.1) is 0 Å². The van der Waals surface area contributed by atoms with Crippen LogP contribution in [0.1, 0.15) is 19.4 Å². The lowest BCUT2D eigenvalue weighted by atomic mass is 9.93. The molecule has 0 radical (unpaired) electrons. The topological polar surface area (TPSA) is 41.6 Å². The van der Waals surface area contributed by atoms with Gasteiger partial charge in [-0.05, 0) is 38.6 Å². The van der Waals surface area contributed by atoms with Crippen LogP contribution in [0.3, 0.4) is 0 Å². The quantitative estimate of drug-likeness (QED) is 0.843.